The average molecular weight is 437 g/mol. The number of amides is 1. The third kappa shape index (κ3) is 3.95. The molecule has 32 heavy (non-hydrogen) atoms. The van der Waals surface area contributed by atoms with E-state index in [0.29, 0.717) is 30.2 Å². The van der Waals surface area contributed by atoms with E-state index in [2.05, 4.69) is 5.10 Å². The molecule has 0 unspecified atom stereocenters. The third-order valence-corrected chi connectivity index (χ3v) is 5.81. The highest BCUT2D eigenvalue weighted by Crippen LogP contribution is 2.37. The van der Waals surface area contributed by atoms with Gasteiger partial charge in [-0.2, -0.15) is 5.10 Å². The van der Waals surface area contributed by atoms with E-state index < -0.39 is 11.4 Å². The molecule has 2 heterocycles. The molecule has 4 rings (SSSR count). The Hall–Kier alpha value is -3.68. The molecular formula is C24H24FN3O4. The molecule has 8 heteroatoms. The summed E-state index contributed by atoms with van der Waals surface area (Å²) in [6.45, 7) is 2.21. The van der Waals surface area contributed by atoms with Crippen molar-refractivity contribution in [2.75, 3.05) is 20.8 Å². The van der Waals surface area contributed by atoms with Crippen LogP contribution < -0.4 is 15.0 Å². The lowest BCUT2D eigenvalue weighted by molar-refractivity contribution is -0.134. The molecule has 2 aromatic carbocycles. The summed E-state index contributed by atoms with van der Waals surface area (Å²) in [5.74, 6) is 0.571. The number of hydrogen-bond donors (Lipinski definition) is 0. The van der Waals surface area contributed by atoms with E-state index in [0.717, 1.165) is 15.8 Å². The van der Waals surface area contributed by atoms with Gasteiger partial charge < -0.3 is 14.4 Å². The first-order valence-electron chi connectivity index (χ1n) is 10.3. The predicted octanol–water partition coefficient (Wildman–Crippen LogP) is 3.21. The molecule has 1 aromatic heterocycles. The minimum absolute atomic E-state index is 0.212. The van der Waals surface area contributed by atoms with Gasteiger partial charge in [0, 0.05) is 18.2 Å². The lowest BCUT2D eigenvalue weighted by Gasteiger charge is -2.35. The number of nitrogens with zero attached hydrogens (tertiary/aromatic N) is 3. The van der Waals surface area contributed by atoms with Gasteiger partial charge in [-0.3, -0.25) is 9.59 Å². The van der Waals surface area contributed by atoms with Crippen LogP contribution in [0.4, 0.5) is 4.39 Å². The molecule has 0 radical (unpaired) electrons. The summed E-state index contributed by atoms with van der Waals surface area (Å²) in [6.07, 6.45) is 0.656. The number of rotatable bonds is 5. The summed E-state index contributed by atoms with van der Waals surface area (Å²) < 4.78 is 26.0. The van der Waals surface area contributed by atoms with Crippen LogP contribution in [-0.2, 0) is 17.8 Å². The average Bonchev–Trinajstić information content (AvgIpc) is 2.80. The van der Waals surface area contributed by atoms with Crippen molar-refractivity contribution in [2.24, 2.45) is 0 Å². The van der Waals surface area contributed by atoms with E-state index in [1.165, 1.54) is 18.2 Å². The summed E-state index contributed by atoms with van der Waals surface area (Å²) in [4.78, 5) is 27.2. The van der Waals surface area contributed by atoms with Crippen molar-refractivity contribution in [2.45, 2.75) is 25.9 Å². The van der Waals surface area contributed by atoms with E-state index in [9.17, 15) is 14.0 Å². The van der Waals surface area contributed by atoms with Crippen LogP contribution in [0.5, 0.6) is 11.5 Å². The second-order valence-electron chi connectivity index (χ2n) is 7.61. The van der Waals surface area contributed by atoms with E-state index in [4.69, 9.17) is 9.47 Å². The summed E-state index contributed by atoms with van der Waals surface area (Å²) in [7, 11) is 3.16. The van der Waals surface area contributed by atoms with Gasteiger partial charge >= 0.3 is 0 Å². The molecule has 0 N–H and O–H groups in total. The standard InChI is InChI=1S/C24H24FN3O4/c1-15-18-13-22(32-3)21(31-2)12-16(18)10-11-27(15)24(30)14-28-23(29)9-8-20(26-28)17-6-4-5-7-19(17)25/h4-9,12-13,15H,10-11,14H2,1-3H3/t15-/m0/s1. The van der Waals surface area contributed by atoms with Crippen LogP contribution in [-0.4, -0.2) is 41.4 Å². The highest BCUT2D eigenvalue weighted by atomic mass is 19.1. The first kappa shape index (κ1) is 21.5. The smallest absolute Gasteiger partial charge is 0.267 e. The van der Waals surface area contributed by atoms with Crippen LogP contribution in [0, 0.1) is 5.82 Å². The second-order valence-corrected chi connectivity index (χ2v) is 7.61. The number of carbonyl (C=O) groups is 1. The molecule has 0 bridgehead atoms. The Morgan fingerprint density at radius 1 is 1.12 bits per heavy atom. The summed E-state index contributed by atoms with van der Waals surface area (Å²) in [6, 6.07) is 12.6. The Labute approximate surface area is 185 Å². The van der Waals surface area contributed by atoms with Gasteiger partial charge in [-0.05, 0) is 54.8 Å². The molecule has 1 aliphatic heterocycles. The van der Waals surface area contributed by atoms with Crippen LogP contribution in [0.25, 0.3) is 11.3 Å². The Kier molecular flexibility index (Phi) is 5.94. The van der Waals surface area contributed by atoms with Crippen molar-refractivity contribution in [3.05, 3.63) is 75.8 Å². The largest absolute Gasteiger partial charge is 0.493 e. The van der Waals surface area contributed by atoms with Crippen molar-refractivity contribution >= 4 is 5.91 Å². The van der Waals surface area contributed by atoms with Gasteiger partial charge in [-0.1, -0.05) is 12.1 Å². The topological polar surface area (TPSA) is 73.7 Å². The van der Waals surface area contributed by atoms with Gasteiger partial charge in [0.05, 0.1) is 26.0 Å². The molecule has 0 saturated carbocycles. The maximum atomic E-state index is 14.1. The zero-order valence-corrected chi connectivity index (χ0v) is 18.2. The maximum Gasteiger partial charge on any atom is 0.267 e. The Morgan fingerprint density at radius 2 is 1.84 bits per heavy atom. The van der Waals surface area contributed by atoms with Crippen molar-refractivity contribution in [3.8, 4) is 22.8 Å². The fourth-order valence-corrected chi connectivity index (χ4v) is 4.08. The number of halogens is 1. The predicted molar refractivity (Wildman–Crippen MR) is 117 cm³/mol. The molecule has 3 aromatic rings. The summed E-state index contributed by atoms with van der Waals surface area (Å²) in [5, 5.41) is 4.24. The molecule has 1 aliphatic rings. The van der Waals surface area contributed by atoms with Crippen LogP contribution in [0.15, 0.2) is 53.3 Å². The first-order chi connectivity index (χ1) is 15.4. The van der Waals surface area contributed by atoms with Crippen LogP contribution >= 0.6 is 0 Å². The first-order valence-corrected chi connectivity index (χ1v) is 10.3. The second kappa shape index (κ2) is 8.82. The van der Waals surface area contributed by atoms with Crippen LogP contribution in [0.2, 0.25) is 0 Å². The normalized spacial score (nSPS) is 15.2. The van der Waals surface area contributed by atoms with Crippen molar-refractivity contribution in [3.63, 3.8) is 0 Å². The molecule has 0 spiro atoms. The van der Waals surface area contributed by atoms with Gasteiger partial charge in [-0.15, -0.1) is 0 Å². The third-order valence-electron chi connectivity index (χ3n) is 5.81. The number of ether oxygens (including phenoxy) is 2. The number of benzene rings is 2. The SMILES string of the molecule is COc1cc2c(cc1OC)[C@H](C)N(C(=O)Cn1nc(-c3ccccc3F)ccc1=O)CC2. The molecule has 0 fully saturated rings. The van der Waals surface area contributed by atoms with Crippen LogP contribution in [0.1, 0.15) is 24.1 Å². The van der Waals surface area contributed by atoms with E-state index in [1.54, 1.807) is 37.3 Å². The number of aromatic nitrogens is 2. The van der Waals surface area contributed by atoms with Gasteiger partial charge in [0.2, 0.25) is 5.91 Å². The number of methoxy groups -OCH3 is 2. The molecular weight excluding hydrogens is 413 g/mol. The molecule has 7 nitrogen and oxygen atoms in total. The molecule has 1 atom stereocenters. The monoisotopic (exact) mass is 437 g/mol. The molecule has 0 aliphatic carbocycles. The lowest BCUT2D eigenvalue weighted by Crippen LogP contribution is -2.42. The van der Waals surface area contributed by atoms with Crippen LogP contribution in [0.3, 0.4) is 0 Å². The molecule has 1 amide bonds. The summed E-state index contributed by atoms with van der Waals surface area (Å²) >= 11 is 0. The molecule has 166 valence electrons. The summed E-state index contributed by atoms with van der Waals surface area (Å²) in [5.41, 5.74) is 2.22. The quantitative estimate of drug-likeness (QED) is 0.613. The van der Waals surface area contributed by atoms with E-state index >= 15 is 0 Å². The van der Waals surface area contributed by atoms with Crippen molar-refractivity contribution < 1.29 is 18.7 Å². The maximum absolute atomic E-state index is 14.1. The highest BCUT2D eigenvalue weighted by molar-refractivity contribution is 5.77. The minimum Gasteiger partial charge on any atom is -0.493 e. The van der Waals surface area contributed by atoms with Crippen molar-refractivity contribution in [1.29, 1.82) is 0 Å². The van der Waals surface area contributed by atoms with Gasteiger partial charge in [-0.25, -0.2) is 9.07 Å². The zero-order valence-electron chi connectivity index (χ0n) is 18.2. The highest BCUT2D eigenvalue weighted by Gasteiger charge is 2.29. The fraction of sp³-hybridized carbons (Fsp3) is 0.292. The molecule has 0 saturated heterocycles. The zero-order chi connectivity index (χ0) is 22.8. The van der Waals surface area contributed by atoms with Crippen molar-refractivity contribution in [1.82, 2.24) is 14.7 Å². The van der Waals surface area contributed by atoms with Gasteiger partial charge in [0.25, 0.3) is 5.56 Å². The van der Waals surface area contributed by atoms with E-state index in [1.807, 2.05) is 19.1 Å². The van der Waals surface area contributed by atoms with Gasteiger partial charge in [0.1, 0.15) is 12.4 Å². The Bertz CT molecular complexity index is 1220. The number of carbonyl (C=O) groups excluding carboxylic acids is 1. The Morgan fingerprint density at radius 3 is 2.56 bits per heavy atom. The number of fused-ring (bicyclic) bond motifs is 1. The lowest BCUT2D eigenvalue weighted by atomic mass is 9.92. The minimum atomic E-state index is -0.442. The fourth-order valence-electron chi connectivity index (χ4n) is 4.08. The van der Waals surface area contributed by atoms with E-state index in [-0.39, 0.29) is 24.1 Å². The Balaban J connectivity index is 1.59. The van der Waals surface area contributed by atoms with Gasteiger partial charge in [0.15, 0.2) is 11.5 Å². The number of hydrogen-bond acceptors (Lipinski definition) is 5.